The number of benzene rings is 3. The van der Waals surface area contributed by atoms with Crippen molar-refractivity contribution in [2.45, 2.75) is 101 Å². The number of anilines is 2. The molecule has 3 N–H and O–H groups in total. The van der Waals surface area contributed by atoms with Gasteiger partial charge in [-0.05, 0) is 110 Å². The van der Waals surface area contributed by atoms with Gasteiger partial charge in [0.2, 0.25) is 11.8 Å². The van der Waals surface area contributed by atoms with E-state index in [0.717, 1.165) is 107 Å². The number of hydrogen-bond acceptors (Lipinski definition) is 12. The van der Waals surface area contributed by atoms with Gasteiger partial charge in [-0.25, -0.2) is 17.6 Å². The highest BCUT2D eigenvalue weighted by molar-refractivity contribution is 6.02. The molecule has 3 unspecified atom stereocenters. The van der Waals surface area contributed by atoms with Crippen LogP contribution in [-0.2, 0) is 16.0 Å². The molecule has 7 aliphatic rings. The van der Waals surface area contributed by atoms with Crippen molar-refractivity contribution in [2.24, 2.45) is 10.8 Å². The van der Waals surface area contributed by atoms with E-state index in [1.807, 2.05) is 18.2 Å². The highest BCUT2D eigenvalue weighted by Gasteiger charge is 2.51. The summed E-state index contributed by atoms with van der Waals surface area (Å²) in [6, 6.07) is 12.4. The molecule has 6 saturated heterocycles. The summed E-state index contributed by atoms with van der Waals surface area (Å²) in [4.78, 5) is 47.2. The fourth-order valence-electron chi connectivity index (χ4n) is 13.0. The molecule has 13 nitrogen and oxygen atoms in total. The van der Waals surface area contributed by atoms with Gasteiger partial charge in [0.1, 0.15) is 40.1 Å². The molecular weight excluding hydrogens is 915 g/mol. The van der Waals surface area contributed by atoms with Crippen molar-refractivity contribution in [1.82, 2.24) is 35.4 Å². The molecule has 1 spiro atoms. The van der Waals surface area contributed by atoms with Gasteiger partial charge in [-0.1, -0.05) is 25.1 Å². The molecule has 7 fully saturated rings. The lowest BCUT2D eigenvalue weighted by atomic mass is 9.71. The third-order valence-electron chi connectivity index (χ3n) is 17.1. The summed E-state index contributed by atoms with van der Waals surface area (Å²) >= 11 is 0. The third-order valence-corrected chi connectivity index (χ3v) is 17.1. The Labute approximate surface area is 410 Å². The number of aromatic hydroxyl groups is 1. The van der Waals surface area contributed by atoms with Crippen LogP contribution in [0.3, 0.4) is 0 Å². The third kappa shape index (κ3) is 8.83. The van der Waals surface area contributed by atoms with E-state index in [-0.39, 0.29) is 65.0 Å². The Morgan fingerprint density at radius 1 is 0.845 bits per heavy atom. The van der Waals surface area contributed by atoms with E-state index >= 15 is 17.6 Å². The number of piperazine rings is 1. The van der Waals surface area contributed by atoms with Crippen molar-refractivity contribution in [2.75, 3.05) is 81.9 Å². The molecule has 6 aliphatic heterocycles. The van der Waals surface area contributed by atoms with Gasteiger partial charge in [-0.2, -0.15) is 9.97 Å². The first-order valence-electron chi connectivity index (χ1n) is 25.7. The number of nitrogens with one attached hydrogen (secondary N) is 2. The number of rotatable bonds is 12. The van der Waals surface area contributed by atoms with E-state index in [4.69, 9.17) is 19.7 Å². The number of likely N-dealkylation sites (tertiary alicyclic amines) is 2. The average molecular weight is 976 g/mol. The van der Waals surface area contributed by atoms with Crippen LogP contribution in [0.5, 0.6) is 11.8 Å². The van der Waals surface area contributed by atoms with E-state index in [1.165, 1.54) is 12.1 Å². The normalized spacial score (nSPS) is 24.9. The van der Waals surface area contributed by atoms with E-state index in [2.05, 4.69) is 32.3 Å². The summed E-state index contributed by atoms with van der Waals surface area (Å²) in [6.45, 7) is 9.46. The monoisotopic (exact) mass is 975 g/mol. The Hall–Kier alpha value is -5.65. The molecule has 2 aromatic heterocycles. The standard InChI is InChI=1S/C54H61F4N9O4/c1-2-32-4-3-5-33-20-37(68)23-39(44(32)33)47-46(57)48-40(24-59-47)49(67-25-34-6-7-35(26-67)60-34)63-51(62-48)71-31-53(10-11-53)29-64-16-12-52(13-17-64)27-65(28-52)30-54(58)14-18-66(19-15-54)36-21-41(55)45(42(56)22-36)38-8-9-43(69)61-50(38)70/h3-5,20-24,34-35,38,60,68H,2,6-19,25-31H2,1H3,(H,61,69,70). The highest BCUT2D eigenvalue weighted by atomic mass is 19.1. The van der Waals surface area contributed by atoms with Crippen molar-refractivity contribution in [3.8, 4) is 23.0 Å². The van der Waals surface area contributed by atoms with Crippen LogP contribution < -0.4 is 25.2 Å². The van der Waals surface area contributed by atoms with Gasteiger partial charge in [0.05, 0.1) is 17.9 Å². The SMILES string of the molecule is CCc1cccc2cc(O)cc(-c3ncc4c(N5CC6CCC(C5)N6)nc(OCC5(CN6CCC7(CC6)CN(CC6(F)CCN(c8cc(F)c(C9CCC(=O)NC9=O)c(F)c8)CC6)C7)CC5)nc4c3F)c12. The Balaban J connectivity index is 0.674. The second-order valence-electron chi connectivity index (χ2n) is 22.1. The molecular formula is C54H61F4N9O4. The maximum Gasteiger partial charge on any atom is 0.319 e. The number of carbonyl (C=O) groups excluding carboxylic acids is 2. The van der Waals surface area contributed by atoms with Crippen LogP contribution in [0.25, 0.3) is 32.9 Å². The second-order valence-corrected chi connectivity index (χ2v) is 22.1. The maximum atomic E-state index is 17.2. The van der Waals surface area contributed by atoms with E-state index in [0.29, 0.717) is 60.8 Å². The second kappa shape index (κ2) is 17.8. The Morgan fingerprint density at radius 2 is 1.58 bits per heavy atom. The summed E-state index contributed by atoms with van der Waals surface area (Å²) in [5.41, 5.74) is 0.553. The number of pyridine rings is 1. The lowest BCUT2D eigenvalue weighted by Gasteiger charge is -2.56. The molecule has 17 heteroatoms. The molecule has 1 saturated carbocycles. The predicted molar refractivity (Wildman–Crippen MR) is 262 cm³/mol. The first kappa shape index (κ1) is 46.4. The Kier molecular flexibility index (Phi) is 11.7. The molecule has 71 heavy (non-hydrogen) atoms. The zero-order chi connectivity index (χ0) is 48.8. The maximum absolute atomic E-state index is 17.2. The molecule has 2 amide bonds. The van der Waals surface area contributed by atoms with Crippen molar-refractivity contribution >= 4 is 45.0 Å². The molecule has 3 aromatic carbocycles. The quantitative estimate of drug-likeness (QED) is 0.0841. The lowest BCUT2D eigenvalue weighted by Crippen LogP contribution is -2.63. The summed E-state index contributed by atoms with van der Waals surface area (Å²) in [7, 11) is 0. The number of amides is 2. The van der Waals surface area contributed by atoms with Crippen LogP contribution >= 0.6 is 0 Å². The van der Waals surface area contributed by atoms with Crippen LogP contribution in [0.15, 0.2) is 48.7 Å². The molecule has 12 rings (SSSR count). The number of piperidine rings is 3. The van der Waals surface area contributed by atoms with Gasteiger partial charge in [-0.3, -0.25) is 24.8 Å². The predicted octanol–water partition coefficient (Wildman–Crippen LogP) is 7.56. The van der Waals surface area contributed by atoms with Crippen LogP contribution in [0, 0.1) is 28.3 Å². The number of alkyl halides is 1. The number of halogens is 4. The lowest BCUT2D eigenvalue weighted by molar-refractivity contribution is -0.134. The largest absolute Gasteiger partial charge is 0.508 e. The zero-order valence-corrected chi connectivity index (χ0v) is 40.2. The van der Waals surface area contributed by atoms with Crippen LogP contribution in [0.4, 0.5) is 29.1 Å². The number of imide groups is 1. The van der Waals surface area contributed by atoms with Crippen molar-refractivity contribution in [3.05, 3.63) is 77.2 Å². The Bertz CT molecular complexity index is 2900. The number of nitrogens with zero attached hydrogens (tertiary/aromatic N) is 7. The van der Waals surface area contributed by atoms with Crippen LogP contribution in [0.1, 0.15) is 88.2 Å². The molecule has 3 atom stereocenters. The minimum atomic E-state index is -1.40. The van der Waals surface area contributed by atoms with E-state index in [9.17, 15) is 14.7 Å². The van der Waals surface area contributed by atoms with Crippen LogP contribution in [-0.4, -0.2) is 131 Å². The molecule has 8 heterocycles. The zero-order valence-electron chi connectivity index (χ0n) is 40.2. The topological polar surface area (TPSA) is 139 Å². The Morgan fingerprint density at radius 3 is 2.27 bits per heavy atom. The van der Waals surface area contributed by atoms with Gasteiger partial charge >= 0.3 is 6.01 Å². The van der Waals surface area contributed by atoms with Crippen molar-refractivity contribution in [3.63, 3.8) is 0 Å². The van der Waals surface area contributed by atoms with Gasteiger partial charge in [0.15, 0.2) is 5.82 Å². The van der Waals surface area contributed by atoms with E-state index < -0.39 is 40.9 Å². The summed E-state index contributed by atoms with van der Waals surface area (Å²) in [5, 5.41) is 18.8. The van der Waals surface area contributed by atoms with Gasteiger partial charge in [0, 0.05) is 112 Å². The minimum Gasteiger partial charge on any atom is -0.508 e. The number of phenols is 1. The number of hydrogen-bond donors (Lipinski definition) is 3. The first-order valence-corrected chi connectivity index (χ1v) is 25.7. The minimum absolute atomic E-state index is 0.0218. The van der Waals surface area contributed by atoms with E-state index in [1.54, 1.807) is 23.2 Å². The first-order chi connectivity index (χ1) is 34.2. The molecule has 1 aliphatic carbocycles. The number of phenolic OH excluding ortho intramolecular Hbond substituents is 1. The highest BCUT2D eigenvalue weighted by Crippen LogP contribution is 2.49. The van der Waals surface area contributed by atoms with Crippen molar-refractivity contribution < 1.29 is 37.0 Å². The number of carbonyl (C=O) groups is 2. The number of ether oxygens (including phenoxy) is 1. The number of aryl methyl sites for hydroxylation is 1. The number of fused-ring (bicyclic) bond motifs is 4. The number of aromatic nitrogens is 3. The van der Waals surface area contributed by atoms with Gasteiger partial charge < -0.3 is 29.9 Å². The fraction of sp³-hybridized carbons (Fsp3) is 0.537. The smallest absolute Gasteiger partial charge is 0.319 e. The summed E-state index contributed by atoms with van der Waals surface area (Å²) in [6.07, 6.45) is 9.24. The average Bonchev–Trinajstić information content (AvgIpc) is 4.03. The van der Waals surface area contributed by atoms with Crippen LogP contribution in [0.2, 0.25) is 0 Å². The summed E-state index contributed by atoms with van der Waals surface area (Å²) in [5.74, 6) is -3.77. The molecule has 374 valence electrons. The molecule has 5 aromatic rings. The van der Waals surface area contributed by atoms with Gasteiger partial charge in [0.25, 0.3) is 0 Å². The molecule has 0 radical (unpaired) electrons. The fourth-order valence-corrected chi connectivity index (χ4v) is 13.0. The van der Waals surface area contributed by atoms with Crippen molar-refractivity contribution in [1.29, 1.82) is 0 Å². The van der Waals surface area contributed by atoms with Gasteiger partial charge in [-0.15, -0.1) is 0 Å². The molecule has 2 bridgehead atoms. The summed E-state index contributed by atoms with van der Waals surface area (Å²) < 4.78 is 70.6.